The Morgan fingerprint density at radius 1 is 1.00 bits per heavy atom. The molecule has 3 heteroatoms. The highest BCUT2D eigenvalue weighted by molar-refractivity contribution is 5.28. The van der Waals surface area contributed by atoms with Crippen LogP contribution in [0.1, 0.15) is 59.8 Å². The lowest BCUT2D eigenvalue weighted by Gasteiger charge is -2.19. The first kappa shape index (κ1) is 25.1. The van der Waals surface area contributed by atoms with Crippen LogP contribution in [-0.4, -0.2) is 6.61 Å². The van der Waals surface area contributed by atoms with Crippen LogP contribution in [0.2, 0.25) is 0 Å². The van der Waals surface area contributed by atoms with Gasteiger partial charge in [-0.05, 0) is 43.3 Å². The van der Waals surface area contributed by atoms with Crippen molar-refractivity contribution in [3.8, 4) is 0 Å². The molecule has 0 fully saturated rings. The summed E-state index contributed by atoms with van der Waals surface area (Å²) in [4.78, 5) is 0. The van der Waals surface area contributed by atoms with E-state index in [1.165, 1.54) is 43.8 Å². The summed E-state index contributed by atoms with van der Waals surface area (Å²) in [7, 11) is 0. The van der Waals surface area contributed by atoms with Gasteiger partial charge in [0.2, 0.25) is 0 Å². The Morgan fingerprint density at radius 2 is 1.67 bits per heavy atom. The van der Waals surface area contributed by atoms with Crippen molar-refractivity contribution in [3.05, 3.63) is 72.6 Å². The Morgan fingerprint density at radius 3 is 2.19 bits per heavy atom. The van der Waals surface area contributed by atoms with Crippen molar-refractivity contribution in [2.24, 2.45) is 11.8 Å². The van der Waals surface area contributed by atoms with Crippen LogP contribution < -0.4 is 0 Å². The highest BCUT2D eigenvalue weighted by Gasteiger charge is 2.12. The Balaban J connectivity index is 5.01. The quantitative estimate of drug-likeness (QED) is 0.219. The summed E-state index contributed by atoms with van der Waals surface area (Å²) in [6.07, 6.45) is 18.5. The Bertz CT molecular complexity index is 551. The van der Waals surface area contributed by atoms with Gasteiger partial charge in [-0.2, -0.15) is 0 Å². The van der Waals surface area contributed by atoms with E-state index in [2.05, 4.69) is 33.4 Å². The summed E-state index contributed by atoms with van der Waals surface area (Å²) in [5, 5.41) is 0. The maximum atomic E-state index is 13.3. The minimum Gasteiger partial charge on any atom is -0.491 e. The summed E-state index contributed by atoms with van der Waals surface area (Å²) >= 11 is 0. The van der Waals surface area contributed by atoms with Gasteiger partial charge >= 0.3 is 0 Å². The number of unbranched alkanes of at least 4 members (excludes halogenated alkanes) is 1. The van der Waals surface area contributed by atoms with Gasteiger partial charge in [0.15, 0.2) is 11.6 Å². The maximum Gasteiger partial charge on any atom is 0.193 e. The second-order valence-electron chi connectivity index (χ2n) is 6.87. The predicted octanol–water partition coefficient (Wildman–Crippen LogP) is 8.15. The fourth-order valence-corrected chi connectivity index (χ4v) is 2.68. The van der Waals surface area contributed by atoms with E-state index in [0.29, 0.717) is 11.8 Å². The molecule has 0 aliphatic heterocycles. The fourth-order valence-electron chi connectivity index (χ4n) is 2.68. The van der Waals surface area contributed by atoms with Crippen LogP contribution in [0.25, 0.3) is 0 Å². The molecule has 0 aromatic heterocycles. The molecule has 0 N–H and O–H groups in total. The van der Waals surface area contributed by atoms with Crippen molar-refractivity contribution >= 4 is 0 Å². The third-order valence-corrected chi connectivity index (χ3v) is 4.21. The van der Waals surface area contributed by atoms with E-state index in [1.54, 1.807) is 19.1 Å². The van der Waals surface area contributed by atoms with Gasteiger partial charge in [0.1, 0.15) is 6.33 Å². The van der Waals surface area contributed by atoms with E-state index in [9.17, 15) is 8.78 Å². The molecule has 0 aromatic carbocycles. The smallest absolute Gasteiger partial charge is 0.193 e. The maximum absolute atomic E-state index is 13.3. The standard InChI is InChI=1S/C24H36F2O/c1-6-9-14-22(18-17-20(4)5)21(7-2)15-12-10-11-13-16-24(27-8-3)23(26)19-25/h7,10-13,15-16,19-20,22H,2,6,8-9,14,17-18H2,1,3-5H3/b12-10+,13-11+,21-15+,23-19-,24-16+. The van der Waals surface area contributed by atoms with Gasteiger partial charge in [-0.3, -0.25) is 0 Å². The molecule has 152 valence electrons. The zero-order valence-electron chi connectivity index (χ0n) is 17.4. The van der Waals surface area contributed by atoms with Crippen molar-refractivity contribution in [2.75, 3.05) is 6.61 Å². The van der Waals surface area contributed by atoms with Crippen LogP contribution in [0.5, 0.6) is 0 Å². The van der Waals surface area contributed by atoms with Crippen LogP contribution in [0.3, 0.4) is 0 Å². The summed E-state index contributed by atoms with van der Waals surface area (Å²) in [6.45, 7) is 12.7. The summed E-state index contributed by atoms with van der Waals surface area (Å²) in [5.41, 5.74) is 1.26. The Hall–Kier alpha value is -1.90. The molecular weight excluding hydrogens is 342 g/mol. The second-order valence-corrected chi connectivity index (χ2v) is 6.87. The van der Waals surface area contributed by atoms with Crippen molar-refractivity contribution in [1.82, 2.24) is 0 Å². The first-order valence-corrected chi connectivity index (χ1v) is 9.96. The van der Waals surface area contributed by atoms with E-state index in [-0.39, 0.29) is 18.7 Å². The third-order valence-electron chi connectivity index (χ3n) is 4.21. The largest absolute Gasteiger partial charge is 0.491 e. The van der Waals surface area contributed by atoms with Crippen LogP contribution >= 0.6 is 0 Å². The summed E-state index contributed by atoms with van der Waals surface area (Å²) in [6, 6.07) is 0. The molecule has 1 atom stereocenters. The summed E-state index contributed by atoms with van der Waals surface area (Å²) in [5.74, 6) is 0.110. The lowest BCUT2D eigenvalue weighted by Crippen LogP contribution is -2.05. The average Bonchev–Trinajstić information content (AvgIpc) is 2.66. The molecule has 0 spiro atoms. The Kier molecular flexibility index (Phi) is 15.1. The van der Waals surface area contributed by atoms with Gasteiger partial charge in [-0.1, -0.05) is 83.1 Å². The monoisotopic (exact) mass is 378 g/mol. The van der Waals surface area contributed by atoms with Crippen LogP contribution in [0, 0.1) is 11.8 Å². The van der Waals surface area contributed by atoms with Crippen molar-refractivity contribution in [1.29, 1.82) is 0 Å². The molecule has 0 aromatic rings. The molecular formula is C24H36F2O. The van der Waals surface area contributed by atoms with E-state index in [0.717, 1.165) is 0 Å². The first-order valence-electron chi connectivity index (χ1n) is 9.96. The van der Waals surface area contributed by atoms with Gasteiger partial charge in [0.25, 0.3) is 0 Å². The minimum atomic E-state index is -1.01. The lowest BCUT2D eigenvalue weighted by molar-refractivity contribution is 0.223. The van der Waals surface area contributed by atoms with Gasteiger partial charge < -0.3 is 4.74 Å². The van der Waals surface area contributed by atoms with Gasteiger partial charge in [-0.15, -0.1) is 0 Å². The average molecular weight is 379 g/mol. The molecule has 0 bridgehead atoms. The van der Waals surface area contributed by atoms with Crippen LogP contribution in [0.4, 0.5) is 8.78 Å². The predicted molar refractivity (Wildman–Crippen MR) is 114 cm³/mol. The normalized spacial score (nSPS) is 15.1. The number of hydrogen-bond donors (Lipinski definition) is 0. The Labute approximate surface area is 164 Å². The molecule has 1 nitrogen and oxygen atoms in total. The number of rotatable bonds is 14. The molecule has 0 rings (SSSR count). The molecule has 27 heavy (non-hydrogen) atoms. The molecule has 0 saturated heterocycles. The van der Waals surface area contributed by atoms with Crippen LogP contribution in [0.15, 0.2) is 72.6 Å². The molecule has 0 radical (unpaired) electrons. The van der Waals surface area contributed by atoms with Crippen molar-refractivity contribution in [2.45, 2.75) is 59.8 Å². The molecule has 0 saturated carbocycles. The third kappa shape index (κ3) is 12.2. The lowest BCUT2D eigenvalue weighted by atomic mass is 9.87. The number of ether oxygens (including phenoxy) is 1. The number of hydrogen-bond acceptors (Lipinski definition) is 1. The zero-order chi connectivity index (χ0) is 20.5. The SMILES string of the molecule is C=C\C(=C/C=C/C=C/C=C(OCC)\C(F)=C\F)C(CCCC)CCC(C)C. The highest BCUT2D eigenvalue weighted by Crippen LogP contribution is 2.26. The van der Waals surface area contributed by atoms with E-state index in [4.69, 9.17) is 4.74 Å². The topological polar surface area (TPSA) is 9.23 Å². The van der Waals surface area contributed by atoms with Gasteiger partial charge in [-0.25, -0.2) is 8.78 Å². The van der Waals surface area contributed by atoms with E-state index >= 15 is 0 Å². The minimum absolute atomic E-state index is 0.0993. The van der Waals surface area contributed by atoms with Crippen molar-refractivity contribution in [3.63, 3.8) is 0 Å². The number of halogens is 2. The first-order chi connectivity index (χ1) is 13.0. The summed E-state index contributed by atoms with van der Waals surface area (Å²) < 4.78 is 30.6. The van der Waals surface area contributed by atoms with E-state index in [1.807, 2.05) is 18.2 Å². The molecule has 0 heterocycles. The highest BCUT2D eigenvalue weighted by atomic mass is 19.2. The molecule has 0 aliphatic rings. The fraction of sp³-hybridized carbons (Fsp3) is 0.500. The van der Waals surface area contributed by atoms with Crippen molar-refractivity contribution < 1.29 is 13.5 Å². The molecule has 1 unspecified atom stereocenters. The molecule has 0 aliphatic carbocycles. The second kappa shape index (κ2) is 16.3. The van der Waals surface area contributed by atoms with Crippen LogP contribution in [-0.2, 0) is 4.74 Å². The van der Waals surface area contributed by atoms with E-state index < -0.39 is 5.83 Å². The molecule has 0 amide bonds. The zero-order valence-corrected chi connectivity index (χ0v) is 17.4. The van der Waals surface area contributed by atoms with Gasteiger partial charge in [0, 0.05) is 0 Å². The van der Waals surface area contributed by atoms with Gasteiger partial charge in [0.05, 0.1) is 6.61 Å². The number of allylic oxidation sites excluding steroid dienone is 9.